The molecule has 4 heteroatoms. The summed E-state index contributed by atoms with van der Waals surface area (Å²) in [6.07, 6.45) is 3.44. The van der Waals surface area contributed by atoms with E-state index in [9.17, 15) is 0 Å². The van der Waals surface area contributed by atoms with Gasteiger partial charge in [-0.1, -0.05) is 115 Å². The lowest BCUT2D eigenvalue weighted by molar-refractivity contribution is 1.01. The van der Waals surface area contributed by atoms with E-state index in [4.69, 9.17) is 11.1 Å². The minimum Gasteiger partial charge on any atom is -0.398 e. The van der Waals surface area contributed by atoms with E-state index in [1.165, 1.54) is 54.7 Å². The Morgan fingerprint density at radius 2 is 1.13 bits per heavy atom. The molecule has 0 saturated carbocycles. The van der Waals surface area contributed by atoms with Crippen molar-refractivity contribution >= 4 is 55.0 Å². The summed E-state index contributed by atoms with van der Waals surface area (Å²) < 4.78 is 2.28. The predicted octanol–water partition coefficient (Wildman–Crippen LogP) is 10.9. The minimum absolute atomic E-state index is 0.423. The van der Waals surface area contributed by atoms with Crippen LogP contribution in [0, 0.1) is 5.41 Å². The average molecular weight is 611 g/mol. The summed E-state index contributed by atoms with van der Waals surface area (Å²) in [5, 5.41) is 13.1. The molecule has 0 aliphatic carbocycles. The first-order valence-corrected chi connectivity index (χ1v) is 15.7. The zero-order chi connectivity index (χ0) is 32.8. The number of aromatic nitrogens is 2. The smallest absolute Gasteiger partial charge is 0.0632 e. The van der Waals surface area contributed by atoms with E-state index in [0.717, 1.165) is 11.1 Å². The number of benzene rings is 6. The Kier molecular flexibility index (Phi) is 9.12. The van der Waals surface area contributed by atoms with Gasteiger partial charge in [-0.25, -0.2) is 0 Å². The molecular weight excluding hydrogens is 573 g/mol. The van der Waals surface area contributed by atoms with Crippen molar-refractivity contribution in [3.63, 3.8) is 0 Å². The van der Waals surface area contributed by atoms with E-state index < -0.39 is 0 Å². The van der Waals surface area contributed by atoms with Crippen molar-refractivity contribution in [3.05, 3.63) is 175 Å². The van der Waals surface area contributed by atoms with Crippen molar-refractivity contribution in [2.45, 2.75) is 6.92 Å². The molecular formula is C43H38N4. The third kappa shape index (κ3) is 6.49. The highest BCUT2D eigenvalue weighted by Crippen LogP contribution is 2.34. The van der Waals surface area contributed by atoms with Gasteiger partial charge in [0.25, 0.3) is 0 Å². The standard InChI is InChI=1S/C25H18N2.C15H14N2.C3H6/c1-27-24-9-5-3-7-19(24)21-15-17(11-13-25(21)27)16-10-12-23-20(14-16)18-6-2-4-8-22(18)26-23;16-14(12-7-3-1-4-8-12)11-15(17)13-9-5-2-6-10-13;1-3-2/h2-15,26H,1H3;1-11,16H,17H2;3H,1H2,2H3/b;15-11-,16-14?;. The van der Waals surface area contributed by atoms with Crippen molar-refractivity contribution in [2.24, 2.45) is 12.8 Å². The van der Waals surface area contributed by atoms with E-state index >= 15 is 0 Å². The number of hydrogen-bond donors (Lipinski definition) is 3. The van der Waals surface area contributed by atoms with Gasteiger partial charge in [-0.05, 0) is 71.7 Å². The lowest BCUT2D eigenvalue weighted by Gasteiger charge is -2.04. The van der Waals surface area contributed by atoms with Gasteiger partial charge in [0.15, 0.2) is 0 Å². The molecule has 0 atom stereocenters. The molecule has 0 bridgehead atoms. The SMILES string of the molecule is C=CC.Cn1c2ccccc2c2cc(-c3ccc4[nH]c5ccccc5c4c3)ccc21.N=C(/C=C(\N)c1ccccc1)c1ccccc1. The van der Waals surface area contributed by atoms with Crippen LogP contribution in [0.2, 0.25) is 0 Å². The van der Waals surface area contributed by atoms with E-state index in [2.05, 4.69) is 108 Å². The predicted molar refractivity (Wildman–Crippen MR) is 203 cm³/mol. The zero-order valence-electron chi connectivity index (χ0n) is 26.7. The molecule has 0 spiro atoms. The molecule has 8 rings (SSSR count). The number of H-pyrrole nitrogens is 1. The summed E-state index contributed by atoms with van der Waals surface area (Å²) in [5.41, 5.74) is 16.2. The van der Waals surface area contributed by atoms with Gasteiger partial charge in [0.05, 0.1) is 5.71 Å². The summed E-state index contributed by atoms with van der Waals surface area (Å²) >= 11 is 0. The second-order valence-corrected chi connectivity index (χ2v) is 11.4. The molecule has 0 saturated heterocycles. The first kappa shape index (κ1) is 30.9. The van der Waals surface area contributed by atoms with Crippen LogP contribution in [0.1, 0.15) is 18.1 Å². The summed E-state index contributed by atoms with van der Waals surface area (Å²) in [7, 11) is 2.14. The largest absolute Gasteiger partial charge is 0.398 e. The Morgan fingerprint density at radius 1 is 0.617 bits per heavy atom. The first-order chi connectivity index (χ1) is 23.0. The van der Waals surface area contributed by atoms with Crippen LogP contribution < -0.4 is 5.73 Å². The Bertz CT molecular complexity index is 2360. The quantitative estimate of drug-likeness (QED) is 0.135. The maximum atomic E-state index is 7.95. The maximum absolute atomic E-state index is 7.95. The fraction of sp³-hybridized carbons (Fsp3) is 0.0465. The van der Waals surface area contributed by atoms with Crippen molar-refractivity contribution in [3.8, 4) is 11.1 Å². The van der Waals surface area contributed by atoms with Crippen molar-refractivity contribution in [2.75, 3.05) is 0 Å². The average Bonchev–Trinajstić information content (AvgIpc) is 3.64. The number of hydrogen-bond acceptors (Lipinski definition) is 2. The molecule has 6 aromatic carbocycles. The molecule has 0 aliphatic rings. The van der Waals surface area contributed by atoms with Crippen molar-refractivity contribution in [1.82, 2.24) is 9.55 Å². The van der Waals surface area contributed by atoms with E-state index in [0.29, 0.717) is 11.4 Å². The third-order valence-electron chi connectivity index (χ3n) is 8.24. The van der Waals surface area contributed by atoms with Crippen LogP contribution in [0.4, 0.5) is 0 Å². The molecule has 0 radical (unpaired) electrons. The van der Waals surface area contributed by atoms with Gasteiger partial charge in [-0.2, -0.15) is 0 Å². The second-order valence-electron chi connectivity index (χ2n) is 11.4. The fourth-order valence-corrected chi connectivity index (χ4v) is 5.95. The Morgan fingerprint density at radius 3 is 1.83 bits per heavy atom. The van der Waals surface area contributed by atoms with Crippen LogP contribution in [0.25, 0.3) is 60.4 Å². The topological polar surface area (TPSA) is 70.6 Å². The van der Waals surface area contributed by atoms with Crippen LogP contribution >= 0.6 is 0 Å². The number of rotatable bonds is 4. The number of allylic oxidation sites excluding steroid dienone is 2. The van der Waals surface area contributed by atoms with Gasteiger partial charge >= 0.3 is 0 Å². The number of nitrogens with zero attached hydrogens (tertiary/aromatic N) is 1. The highest BCUT2D eigenvalue weighted by Gasteiger charge is 2.10. The number of aromatic amines is 1. The van der Waals surface area contributed by atoms with Gasteiger partial charge < -0.3 is 20.7 Å². The summed E-state index contributed by atoms with van der Waals surface area (Å²) in [5.74, 6) is 0. The van der Waals surface area contributed by atoms with Crippen LogP contribution in [-0.4, -0.2) is 15.3 Å². The molecule has 230 valence electrons. The fourth-order valence-electron chi connectivity index (χ4n) is 5.95. The van der Waals surface area contributed by atoms with Crippen LogP contribution in [-0.2, 0) is 7.05 Å². The highest BCUT2D eigenvalue weighted by atomic mass is 14.9. The molecule has 0 unspecified atom stereocenters. The second kappa shape index (κ2) is 13.9. The monoisotopic (exact) mass is 610 g/mol. The highest BCUT2D eigenvalue weighted by molar-refractivity contribution is 6.11. The van der Waals surface area contributed by atoms with E-state index in [-0.39, 0.29) is 0 Å². The number of para-hydroxylation sites is 2. The minimum atomic E-state index is 0.423. The normalized spacial score (nSPS) is 11.1. The number of nitrogens with two attached hydrogens (primary N) is 1. The first-order valence-electron chi connectivity index (χ1n) is 15.7. The van der Waals surface area contributed by atoms with Gasteiger partial charge in [-0.15, -0.1) is 6.58 Å². The van der Waals surface area contributed by atoms with Crippen molar-refractivity contribution < 1.29 is 0 Å². The van der Waals surface area contributed by atoms with Crippen LogP contribution in [0.5, 0.6) is 0 Å². The molecule has 2 heterocycles. The summed E-state index contributed by atoms with van der Waals surface area (Å²) in [4.78, 5) is 3.51. The van der Waals surface area contributed by atoms with Gasteiger partial charge in [0.1, 0.15) is 0 Å². The van der Waals surface area contributed by atoms with Gasteiger partial charge in [0, 0.05) is 56.4 Å². The molecule has 8 aromatic rings. The molecule has 0 aliphatic heterocycles. The molecule has 4 nitrogen and oxygen atoms in total. The Balaban J connectivity index is 0.000000167. The van der Waals surface area contributed by atoms with Crippen LogP contribution in [0.15, 0.2) is 164 Å². The third-order valence-corrected chi connectivity index (χ3v) is 8.24. The zero-order valence-corrected chi connectivity index (χ0v) is 26.7. The number of aryl methyl sites for hydroxylation is 1. The molecule has 0 fully saturated rings. The molecule has 47 heavy (non-hydrogen) atoms. The number of fused-ring (bicyclic) bond motifs is 6. The molecule has 0 amide bonds. The lowest BCUT2D eigenvalue weighted by Crippen LogP contribution is -2.02. The van der Waals surface area contributed by atoms with Gasteiger partial charge in [0.2, 0.25) is 0 Å². The maximum Gasteiger partial charge on any atom is 0.0632 e. The number of nitrogens with one attached hydrogen (secondary N) is 2. The van der Waals surface area contributed by atoms with Crippen LogP contribution in [0.3, 0.4) is 0 Å². The molecule has 4 N–H and O–H groups in total. The van der Waals surface area contributed by atoms with Crippen molar-refractivity contribution in [1.29, 1.82) is 5.41 Å². The molecule has 2 aromatic heterocycles. The van der Waals surface area contributed by atoms with E-state index in [1.807, 2.05) is 67.6 Å². The Labute approximate surface area is 275 Å². The summed E-state index contributed by atoms with van der Waals surface area (Å²) in [6.45, 7) is 5.25. The van der Waals surface area contributed by atoms with E-state index in [1.54, 1.807) is 12.2 Å². The van der Waals surface area contributed by atoms with Gasteiger partial charge in [-0.3, -0.25) is 0 Å². The Hall–Kier alpha value is -6.13. The lowest BCUT2D eigenvalue weighted by atomic mass is 10.0. The summed E-state index contributed by atoms with van der Waals surface area (Å²) in [6, 6.07) is 49.9.